The fourth-order valence-corrected chi connectivity index (χ4v) is 2.27. The minimum Gasteiger partial charge on any atom is -0.494 e. The van der Waals surface area contributed by atoms with E-state index in [2.05, 4.69) is 24.3 Å². The van der Waals surface area contributed by atoms with Crippen molar-refractivity contribution in [2.45, 2.75) is 25.7 Å². The Balaban J connectivity index is 2.03. The van der Waals surface area contributed by atoms with Crippen LogP contribution in [0.2, 0.25) is 0 Å². The fraction of sp³-hybridized carbons (Fsp3) is 0.538. The highest BCUT2D eigenvalue weighted by Crippen LogP contribution is 2.41. The first-order valence-corrected chi connectivity index (χ1v) is 5.78. The Kier molecular flexibility index (Phi) is 3.27. The van der Waals surface area contributed by atoms with Crippen molar-refractivity contribution >= 4 is 0 Å². The molecule has 1 fully saturated rings. The largest absolute Gasteiger partial charge is 0.494 e. The predicted octanol–water partition coefficient (Wildman–Crippen LogP) is 2.54. The van der Waals surface area contributed by atoms with E-state index in [4.69, 9.17) is 10.5 Å². The van der Waals surface area contributed by atoms with Gasteiger partial charge in [0, 0.05) is 0 Å². The van der Waals surface area contributed by atoms with E-state index >= 15 is 0 Å². The zero-order chi connectivity index (χ0) is 10.7. The molecule has 0 spiro atoms. The van der Waals surface area contributed by atoms with Crippen LogP contribution in [-0.2, 0) is 0 Å². The fourth-order valence-electron chi connectivity index (χ4n) is 2.27. The molecule has 1 aliphatic carbocycles. The second-order valence-corrected chi connectivity index (χ2v) is 4.18. The van der Waals surface area contributed by atoms with E-state index in [9.17, 15) is 0 Å². The molecule has 82 valence electrons. The summed E-state index contributed by atoms with van der Waals surface area (Å²) in [6.45, 7) is 3.55. The molecule has 0 saturated heterocycles. The van der Waals surface area contributed by atoms with E-state index in [0.29, 0.717) is 11.8 Å². The Morgan fingerprint density at radius 1 is 1.27 bits per heavy atom. The zero-order valence-corrected chi connectivity index (χ0v) is 9.28. The molecule has 1 aromatic rings. The molecule has 1 aromatic carbocycles. The van der Waals surface area contributed by atoms with Gasteiger partial charge in [-0.05, 0) is 55.8 Å². The molecule has 0 radical (unpaired) electrons. The maximum atomic E-state index is 5.71. The monoisotopic (exact) mass is 205 g/mol. The molecule has 2 unspecified atom stereocenters. The topological polar surface area (TPSA) is 35.2 Å². The number of rotatable bonds is 4. The SMILES string of the molecule is CCOc1ccc(C2CCC2CN)cc1. The third kappa shape index (κ3) is 2.15. The van der Waals surface area contributed by atoms with Gasteiger partial charge in [0.2, 0.25) is 0 Å². The highest BCUT2D eigenvalue weighted by atomic mass is 16.5. The molecule has 2 heteroatoms. The molecule has 2 N–H and O–H groups in total. The molecule has 2 nitrogen and oxygen atoms in total. The van der Waals surface area contributed by atoms with Crippen LogP contribution in [0, 0.1) is 5.92 Å². The summed E-state index contributed by atoms with van der Waals surface area (Å²) < 4.78 is 5.42. The Hall–Kier alpha value is -1.02. The van der Waals surface area contributed by atoms with Crippen LogP contribution in [0.4, 0.5) is 0 Å². The Bertz CT molecular complexity index is 305. The van der Waals surface area contributed by atoms with E-state index < -0.39 is 0 Å². The van der Waals surface area contributed by atoms with Gasteiger partial charge in [-0.1, -0.05) is 12.1 Å². The zero-order valence-electron chi connectivity index (χ0n) is 9.28. The van der Waals surface area contributed by atoms with Crippen LogP contribution in [0.3, 0.4) is 0 Å². The Labute approximate surface area is 91.4 Å². The van der Waals surface area contributed by atoms with E-state index in [0.717, 1.165) is 18.9 Å². The summed E-state index contributed by atoms with van der Waals surface area (Å²) in [5.74, 6) is 2.35. The van der Waals surface area contributed by atoms with Crippen LogP contribution in [0.5, 0.6) is 5.75 Å². The van der Waals surface area contributed by atoms with Gasteiger partial charge in [-0.2, -0.15) is 0 Å². The van der Waals surface area contributed by atoms with E-state index in [1.54, 1.807) is 0 Å². The van der Waals surface area contributed by atoms with Gasteiger partial charge in [0.15, 0.2) is 0 Å². The number of nitrogens with two attached hydrogens (primary N) is 1. The third-order valence-electron chi connectivity index (χ3n) is 3.34. The first-order valence-electron chi connectivity index (χ1n) is 5.78. The number of hydrogen-bond donors (Lipinski definition) is 1. The van der Waals surface area contributed by atoms with E-state index in [-0.39, 0.29) is 0 Å². The van der Waals surface area contributed by atoms with E-state index in [1.807, 2.05) is 6.92 Å². The maximum absolute atomic E-state index is 5.71. The average Bonchev–Trinajstić information content (AvgIpc) is 2.20. The highest BCUT2D eigenvalue weighted by Gasteiger charge is 2.30. The van der Waals surface area contributed by atoms with Gasteiger partial charge in [0.25, 0.3) is 0 Å². The van der Waals surface area contributed by atoms with Crippen LogP contribution in [0.15, 0.2) is 24.3 Å². The van der Waals surface area contributed by atoms with Gasteiger partial charge >= 0.3 is 0 Å². The average molecular weight is 205 g/mol. The summed E-state index contributed by atoms with van der Waals surface area (Å²) in [5.41, 5.74) is 7.13. The number of ether oxygens (including phenoxy) is 1. The molecule has 1 aliphatic rings. The molecule has 2 rings (SSSR count). The highest BCUT2D eigenvalue weighted by molar-refractivity contribution is 5.31. The van der Waals surface area contributed by atoms with Gasteiger partial charge < -0.3 is 10.5 Å². The maximum Gasteiger partial charge on any atom is 0.119 e. The van der Waals surface area contributed by atoms with Crippen molar-refractivity contribution in [3.05, 3.63) is 29.8 Å². The number of hydrogen-bond acceptors (Lipinski definition) is 2. The van der Waals surface area contributed by atoms with Gasteiger partial charge in [-0.25, -0.2) is 0 Å². The van der Waals surface area contributed by atoms with E-state index in [1.165, 1.54) is 18.4 Å². The summed E-state index contributed by atoms with van der Waals surface area (Å²) in [7, 11) is 0. The first-order chi connectivity index (χ1) is 7.35. The standard InChI is InChI=1S/C13H19NO/c1-2-15-12-6-3-10(4-7-12)13-8-5-11(13)9-14/h3-4,6-7,11,13H,2,5,8-9,14H2,1H3. The minimum absolute atomic E-state index is 0.686. The molecule has 0 bridgehead atoms. The lowest BCUT2D eigenvalue weighted by Gasteiger charge is -2.36. The van der Waals surface area contributed by atoms with Crippen molar-refractivity contribution in [2.75, 3.05) is 13.2 Å². The normalized spacial score (nSPS) is 24.7. The van der Waals surface area contributed by atoms with Crippen molar-refractivity contribution in [1.82, 2.24) is 0 Å². The number of benzene rings is 1. The first kappa shape index (κ1) is 10.5. The lowest BCUT2D eigenvalue weighted by Crippen LogP contribution is -2.30. The minimum atomic E-state index is 0.686. The van der Waals surface area contributed by atoms with Crippen molar-refractivity contribution in [3.63, 3.8) is 0 Å². The molecule has 15 heavy (non-hydrogen) atoms. The molecule has 1 saturated carbocycles. The molecule has 0 amide bonds. The van der Waals surface area contributed by atoms with Gasteiger partial charge in [-0.15, -0.1) is 0 Å². The second kappa shape index (κ2) is 4.67. The molecule has 2 atom stereocenters. The Morgan fingerprint density at radius 3 is 2.47 bits per heavy atom. The van der Waals surface area contributed by atoms with Crippen molar-refractivity contribution < 1.29 is 4.74 Å². The molecular formula is C13H19NO. The lowest BCUT2D eigenvalue weighted by molar-refractivity contribution is 0.263. The van der Waals surface area contributed by atoms with Crippen molar-refractivity contribution in [3.8, 4) is 5.75 Å². The van der Waals surface area contributed by atoms with Crippen LogP contribution >= 0.6 is 0 Å². The summed E-state index contributed by atoms with van der Waals surface area (Å²) >= 11 is 0. The van der Waals surface area contributed by atoms with Crippen LogP contribution in [0.25, 0.3) is 0 Å². The van der Waals surface area contributed by atoms with Crippen molar-refractivity contribution in [2.24, 2.45) is 11.7 Å². The smallest absolute Gasteiger partial charge is 0.119 e. The summed E-state index contributed by atoms with van der Waals surface area (Å²) in [4.78, 5) is 0. The van der Waals surface area contributed by atoms with Gasteiger partial charge in [0.1, 0.15) is 5.75 Å². The second-order valence-electron chi connectivity index (χ2n) is 4.18. The molecule has 0 aromatic heterocycles. The quantitative estimate of drug-likeness (QED) is 0.819. The predicted molar refractivity (Wildman–Crippen MR) is 62.1 cm³/mol. The molecular weight excluding hydrogens is 186 g/mol. The Morgan fingerprint density at radius 2 is 2.00 bits per heavy atom. The van der Waals surface area contributed by atoms with Crippen LogP contribution in [0.1, 0.15) is 31.2 Å². The third-order valence-corrected chi connectivity index (χ3v) is 3.34. The lowest BCUT2D eigenvalue weighted by atomic mass is 9.70. The van der Waals surface area contributed by atoms with Crippen LogP contribution < -0.4 is 10.5 Å². The van der Waals surface area contributed by atoms with Gasteiger partial charge in [0.05, 0.1) is 6.61 Å². The summed E-state index contributed by atoms with van der Waals surface area (Å²) in [6, 6.07) is 8.48. The summed E-state index contributed by atoms with van der Waals surface area (Å²) in [6.07, 6.45) is 2.57. The van der Waals surface area contributed by atoms with Crippen molar-refractivity contribution in [1.29, 1.82) is 0 Å². The molecule has 0 heterocycles. The summed E-state index contributed by atoms with van der Waals surface area (Å²) in [5, 5.41) is 0. The van der Waals surface area contributed by atoms with Gasteiger partial charge in [-0.3, -0.25) is 0 Å². The molecule has 0 aliphatic heterocycles. The van der Waals surface area contributed by atoms with Crippen LogP contribution in [-0.4, -0.2) is 13.2 Å².